The summed E-state index contributed by atoms with van der Waals surface area (Å²) in [5.41, 5.74) is 1.15. The lowest BCUT2D eigenvalue weighted by atomic mass is 9.97. The Hall–Kier alpha value is -1.16. The molecule has 17 heavy (non-hydrogen) atoms. The number of nitrogens with zero attached hydrogens (tertiary/aromatic N) is 3. The molecule has 0 saturated carbocycles. The van der Waals surface area contributed by atoms with Gasteiger partial charge in [-0.15, -0.1) is 0 Å². The van der Waals surface area contributed by atoms with Crippen LogP contribution in [0.25, 0.3) is 0 Å². The Kier molecular flexibility index (Phi) is 3.22. The van der Waals surface area contributed by atoms with Crippen molar-refractivity contribution in [1.82, 2.24) is 15.3 Å². The van der Waals surface area contributed by atoms with Gasteiger partial charge in [-0.2, -0.15) is 0 Å². The number of nitrogens with one attached hydrogen (secondary N) is 1. The van der Waals surface area contributed by atoms with Gasteiger partial charge >= 0.3 is 0 Å². The average molecular weight is 232 g/mol. The van der Waals surface area contributed by atoms with Gasteiger partial charge in [-0.05, 0) is 32.2 Å². The summed E-state index contributed by atoms with van der Waals surface area (Å²) in [4.78, 5) is 11.5. The first-order valence-corrected chi connectivity index (χ1v) is 6.71. The van der Waals surface area contributed by atoms with Gasteiger partial charge in [0.2, 0.25) is 0 Å². The van der Waals surface area contributed by atoms with Crippen molar-refractivity contribution in [2.45, 2.75) is 31.6 Å². The van der Waals surface area contributed by atoms with Gasteiger partial charge in [0.15, 0.2) is 0 Å². The fourth-order valence-electron chi connectivity index (χ4n) is 2.76. The van der Waals surface area contributed by atoms with Gasteiger partial charge in [0.25, 0.3) is 0 Å². The summed E-state index contributed by atoms with van der Waals surface area (Å²) < 4.78 is 0. The van der Waals surface area contributed by atoms with E-state index in [1.807, 2.05) is 12.4 Å². The molecule has 3 rings (SSSR count). The van der Waals surface area contributed by atoms with Crippen molar-refractivity contribution < 1.29 is 0 Å². The van der Waals surface area contributed by atoms with Crippen LogP contribution >= 0.6 is 0 Å². The molecule has 0 amide bonds. The number of hydrogen-bond donors (Lipinski definition) is 1. The Morgan fingerprint density at radius 1 is 1.12 bits per heavy atom. The highest BCUT2D eigenvalue weighted by molar-refractivity contribution is 5.37. The maximum Gasteiger partial charge on any atom is 0.147 e. The molecule has 0 radical (unpaired) electrons. The standard InChI is InChI=1S/C13H20N4/c1-2-7-17(6-1)13-10-15-12(9-16-13)11-4-3-5-14-8-11/h9-11,14H,1-8H2. The summed E-state index contributed by atoms with van der Waals surface area (Å²) in [5, 5.41) is 3.42. The normalized spacial score (nSPS) is 25.2. The van der Waals surface area contributed by atoms with Crippen molar-refractivity contribution in [2.24, 2.45) is 0 Å². The Bertz CT molecular complexity index is 350. The zero-order chi connectivity index (χ0) is 11.5. The van der Waals surface area contributed by atoms with E-state index >= 15 is 0 Å². The van der Waals surface area contributed by atoms with Crippen LogP contribution in [0, 0.1) is 0 Å². The molecule has 3 heterocycles. The molecule has 92 valence electrons. The number of piperidine rings is 1. The van der Waals surface area contributed by atoms with Crippen LogP contribution in [0.15, 0.2) is 12.4 Å². The van der Waals surface area contributed by atoms with Crippen molar-refractivity contribution in [3.63, 3.8) is 0 Å². The third-order valence-electron chi connectivity index (χ3n) is 3.80. The second-order valence-electron chi connectivity index (χ2n) is 5.04. The van der Waals surface area contributed by atoms with Gasteiger partial charge in [0.1, 0.15) is 5.82 Å². The van der Waals surface area contributed by atoms with Gasteiger partial charge in [0, 0.05) is 25.6 Å². The highest BCUT2D eigenvalue weighted by atomic mass is 15.2. The lowest BCUT2D eigenvalue weighted by molar-refractivity contribution is 0.453. The fourth-order valence-corrected chi connectivity index (χ4v) is 2.76. The molecule has 2 aliphatic heterocycles. The fraction of sp³-hybridized carbons (Fsp3) is 0.692. The molecule has 0 bridgehead atoms. The summed E-state index contributed by atoms with van der Waals surface area (Å²) in [7, 11) is 0. The highest BCUT2D eigenvalue weighted by Gasteiger charge is 2.18. The Morgan fingerprint density at radius 2 is 2.00 bits per heavy atom. The first kappa shape index (κ1) is 11.0. The van der Waals surface area contributed by atoms with E-state index in [-0.39, 0.29) is 0 Å². The van der Waals surface area contributed by atoms with Crippen molar-refractivity contribution in [1.29, 1.82) is 0 Å². The molecule has 1 aromatic rings. The van der Waals surface area contributed by atoms with Crippen LogP contribution in [0.2, 0.25) is 0 Å². The van der Waals surface area contributed by atoms with Gasteiger partial charge < -0.3 is 10.2 Å². The molecule has 1 atom stereocenters. The number of rotatable bonds is 2. The molecule has 4 nitrogen and oxygen atoms in total. The Labute approximate surface area is 102 Å². The van der Waals surface area contributed by atoms with E-state index in [2.05, 4.69) is 20.2 Å². The summed E-state index contributed by atoms with van der Waals surface area (Å²) in [6.07, 6.45) is 9.00. The van der Waals surface area contributed by atoms with Gasteiger partial charge in [-0.1, -0.05) is 0 Å². The smallest absolute Gasteiger partial charge is 0.147 e. The summed E-state index contributed by atoms with van der Waals surface area (Å²) >= 11 is 0. The molecule has 2 aliphatic rings. The Balaban J connectivity index is 1.70. The van der Waals surface area contributed by atoms with E-state index < -0.39 is 0 Å². The van der Waals surface area contributed by atoms with Crippen molar-refractivity contribution >= 4 is 5.82 Å². The lowest BCUT2D eigenvalue weighted by Gasteiger charge is -2.22. The molecule has 1 unspecified atom stereocenters. The lowest BCUT2D eigenvalue weighted by Crippen LogP contribution is -2.29. The van der Waals surface area contributed by atoms with Crippen LogP contribution in [0.3, 0.4) is 0 Å². The quantitative estimate of drug-likeness (QED) is 0.840. The van der Waals surface area contributed by atoms with Crippen LogP contribution in [0.1, 0.15) is 37.3 Å². The van der Waals surface area contributed by atoms with Crippen LogP contribution in [-0.2, 0) is 0 Å². The van der Waals surface area contributed by atoms with Gasteiger partial charge in [-0.3, -0.25) is 4.98 Å². The highest BCUT2D eigenvalue weighted by Crippen LogP contribution is 2.22. The molecular formula is C13H20N4. The van der Waals surface area contributed by atoms with Crippen molar-refractivity contribution in [3.05, 3.63) is 18.1 Å². The van der Waals surface area contributed by atoms with E-state index in [1.165, 1.54) is 25.7 Å². The number of aromatic nitrogens is 2. The van der Waals surface area contributed by atoms with Crippen LogP contribution in [-0.4, -0.2) is 36.1 Å². The predicted octanol–water partition coefficient (Wildman–Crippen LogP) is 1.54. The van der Waals surface area contributed by atoms with Crippen LogP contribution < -0.4 is 10.2 Å². The molecule has 0 aliphatic carbocycles. The zero-order valence-electron chi connectivity index (χ0n) is 10.2. The van der Waals surface area contributed by atoms with Gasteiger partial charge in [0.05, 0.1) is 18.1 Å². The van der Waals surface area contributed by atoms with E-state index in [1.54, 1.807) is 0 Å². The monoisotopic (exact) mass is 232 g/mol. The minimum atomic E-state index is 0.559. The van der Waals surface area contributed by atoms with Crippen molar-refractivity contribution in [2.75, 3.05) is 31.1 Å². The average Bonchev–Trinajstić information content (AvgIpc) is 2.94. The molecule has 1 N–H and O–H groups in total. The maximum atomic E-state index is 4.60. The second-order valence-corrected chi connectivity index (χ2v) is 5.04. The van der Waals surface area contributed by atoms with E-state index in [4.69, 9.17) is 0 Å². The third kappa shape index (κ3) is 2.41. The van der Waals surface area contributed by atoms with E-state index in [0.29, 0.717) is 5.92 Å². The maximum absolute atomic E-state index is 4.60. The topological polar surface area (TPSA) is 41.1 Å². The van der Waals surface area contributed by atoms with Gasteiger partial charge in [-0.25, -0.2) is 4.98 Å². The molecule has 0 spiro atoms. The largest absolute Gasteiger partial charge is 0.355 e. The summed E-state index contributed by atoms with van der Waals surface area (Å²) in [6, 6.07) is 0. The molecule has 4 heteroatoms. The minimum Gasteiger partial charge on any atom is -0.355 e. The zero-order valence-corrected chi connectivity index (χ0v) is 10.2. The first-order chi connectivity index (χ1) is 8.43. The summed E-state index contributed by atoms with van der Waals surface area (Å²) in [5.74, 6) is 1.61. The first-order valence-electron chi connectivity index (χ1n) is 6.71. The predicted molar refractivity (Wildman–Crippen MR) is 68.3 cm³/mol. The van der Waals surface area contributed by atoms with Crippen LogP contribution in [0.4, 0.5) is 5.82 Å². The van der Waals surface area contributed by atoms with E-state index in [9.17, 15) is 0 Å². The molecule has 1 aromatic heterocycles. The third-order valence-corrected chi connectivity index (χ3v) is 3.80. The minimum absolute atomic E-state index is 0.559. The molecule has 2 fully saturated rings. The second kappa shape index (κ2) is 5.00. The van der Waals surface area contributed by atoms with Crippen LogP contribution in [0.5, 0.6) is 0 Å². The SMILES string of the molecule is c1nc(N2CCCC2)cnc1C1CCCNC1. The number of anilines is 1. The summed E-state index contributed by atoms with van der Waals surface area (Å²) in [6.45, 7) is 4.48. The Morgan fingerprint density at radius 3 is 2.65 bits per heavy atom. The van der Waals surface area contributed by atoms with Crippen molar-refractivity contribution in [3.8, 4) is 0 Å². The molecular weight excluding hydrogens is 212 g/mol. The molecule has 0 aromatic carbocycles. The van der Waals surface area contributed by atoms with E-state index in [0.717, 1.165) is 37.7 Å². The molecule has 2 saturated heterocycles. The number of hydrogen-bond acceptors (Lipinski definition) is 4.